The lowest BCUT2D eigenvalue weighted by molar-refractivity contribution is 1.15. The van der Waals surface area contributed by atoms with Crippen LogP contribution >= 0.6 is 0 Å². The molecule has 13 rings (SSSR count). The second-order valence-corrected chi connectivity index (χ2v) is 17.6. The van der Waals surface area contributed by atoms with Crippen molar-refractivity contribution in [3.8, 4) is 55.9 Å². The molecule has 324 valence electrons. The second kappa shape index (κ2) is 16.9. The summed E-state index contributed by atoms with van der Waals surface area (Å²) in [6.45, 7) is 0. The van der Waals surface area contributed by atoms with Crippen LogP contribution in [0, 0.1) is 0 Å². The van der Waals surface area contributed by atoms with Crippen LogP contribution in [-0.4, -0.2) is 9.13 Å². The molecule has 0 radical (unpaired) electrons. The van der Waals surface area contributed by atoms with Gasteiger partial charge in [-0.2, -0.15) is 0 Å². The summed E-state index contributed by atoms with van der Waals surface area (Å²) >= 11 is 0. The van der Waals surface area contributed by atoms with Crippen LogP contribution < -0.4 is 4.90 Å². The summed E-state index contributed by atoms with van der Waals surface area (Å²) in [6, 6.07) is 99.2. The van der Waals surface area contributed by atoms with Gasteiger partial charge in [-0.3, -0.25) is 0 Å². The van der Waals surface area contributed by atoms with Crippen molar-refractivity contribution < 1.29 is 0 Å². The third-order valence-corrected chi connectivity index (χ3v) is 13.8. The molecule has 2 heterocycles. The Hall–Kier alpha value is -9.18. The molecule has 0 unspecified atom stereocenters. The lowest BCUT2D eigenvalue weighted by Gasteiger charge is -2.31. The van der Waals surface area contributed by atoms with Crippen LogP contribution in [0.2, 0.25) is 0 Å². The standard InChI is InChI=1S/C66H45N3/c1-3-21-47(22-4-1)51-25-7-8-26-52(51)53-27-9-10-28-54(53)55-29-11-15-33-60(55)68(65-37-19-20-38-66(65)69-62-35-17-12-30-56(62)57-31-13-18-36-63(57)69)50-42-39-46(40-43-50)48-41-44-64-59(45-48)58-32-14-16-34-61(58)67(64)49-23-5-2-6-24-49/h1-45H. The lowest BCUT2D eigenvalue weighted by atomic mass is 9.88. The van der Waals surface area contributed by atoms with Crippen LogP contribution in [0.15, 0.2) is 273 Å². The van der Waals surface area contributed by atoms with E-state index in [1.165, 1.54) is 71.4 Å². The zero-order chi connectivity index (χ0) is 45.7. The van der Waals surface area contributed by atoms with Gasteiger partial charge in [0.15, 0.2) is 0 Å². The number of nitrogens with zero attached hydrogens (tertiary/aromatic N) is 3. The minimum Gasteiger partial charge on any atom is -0.309 e. The molecule has 0 spiro atoms. The van der Waals surface area contributed by atoms with Crippen LogP contribution in [0.25, 0.3) is 99.5 Å². The predicted octanol–water partition coefficient (Wildman–Crippen LogP) is 18.0. The highest BCUT2D eigenvalue weighted by atomic mass is 15.2. The Morgan fingerprint density at radius 2 is 0.681 bits per heavy atom. The first kappa shape index (κ1) is 40.1. The van der Waals surface area contributed by atoms with Gasteiger partial charge in [-0.1, -0.05) is 200 Å². The first-order chi connectivity index (χ1) is 34.3. The van der Waals surface area contributed by atoms with Gasteiger partial charge in [-0.25, -0.2) is 0 Å². The normalized spacial score (nSPS) is 11.5. The summed E-state index contributed by atoms with van der Waals surface area (Å²) in [5, 5.41) is 4.94. The predicted molar refractivity (Wildman–Crippen MR) is 292 cm³/mol. The van der Waals surface area contributed by atoms with Gasteiger partial charge < -0.3 is 14.0 Å². The van der Waals surface area contributed by atoms with Crippen molar-refractivity contribution in [3.05, 3.63) is 273 Å². The number of hydrogen-bond acceptors (Lipinski definition) is 1. The molecule has 0 atom stereocenters. The van der Waals surface area contributed by atoms with Gasteiger partial charge in [0, 0.05) is 38.5 Å². The van der Waals surface area contributed by atoms with Crippen molar-refractivity contribution in [1.82, 2.24) is 9.13 Å². The van der Waals surface area contributed by atoms with Crippen molar-refractivity contribution in [2.45, 2.75) is 0 Å². The fourth-order valence-corrected chi connectivity index (χ4v) is 10.7. The van der Waals surface area contributed by atoms with E-state index in [0.717, 1.165) is 45.1 Å². The summed E-state index contributed by atoms with van der Waals surface area (Å²) in [7, 11) is 0. The number of hydrogen-bond donors (Lipinski definition) is 0. The molecule has 3 heteroatoms. The Balaban J connectivity index is 1.01. The monoisotopic (exact) mass is 879 g/mol. The maximum Gasteiger partial charge on any atom is 0.0702 e. The molecule has 0 bridgehead atoms. The zero-order valence-corrected chi connectivity index (χ0v) is 37.8. The third kappa shape index (κ3) is 6.82. The summed E-state index contributed by atoms with van der Waals surface area (Å²) in [5.74, 6) is 0. The van der Waals surface area contributed by atoms with Gasteiger partial charge in [-0.15, -0.1) is 0 Å². The van der Waals surface area contributed by atoms with E-state index in [2.05, 4.69) is 287 Å². The molecule has 0 aliphatic rings. The Bertz CT molecular complexity index is 3960. The summed E-state index contributed by atoms with van der Waals surface area (Å²) in [5.41, 5.74) is 19.6. The number of fused-ring (bicyclic) bond motifs is 6. The lowest BCUT2D eigenvalue weighted by Crippen LogP contribution is -2.14. The van der Waals surface area contributed by atoms with E-state index in [0.29, 0.717) is 0 Å². The number of anilines is 3. The molecule has 2 aromatic heterocycles. The number of benzene rings is 11. The van der Waals surface area contributed by atoms with E-state index in [1.54, 1.807) is 0 Å². The molecular weight excluding hydrogens is 835 g/mol. The maximum atomic E-state index is 2.47. The van der Waals surface area contributed by atoms with Crippen molar-refractivity contribution in [2.75, 3.05) is 4.90 Å². The first-order valence-corrected chi connectivity index (χ1v) is 23.7. The van der Waals surface area contributed by atoms with E-state index in [9.17, 15) is 0 Å². The molecule has 0 N–H and O–H groups in total. The minimum absolute atomic E-state index is 1.06. The van der Waals surface area contributed by atoms with Crippen LogP contribution in [0.4, 0.5) is 17.1 Å². The molecular formula is C66H45N3. The molecule has 0 fully saturated rings. The average Bonchev–Trinajstić information content (AvgIpc) is 3.95. The van der Waals surface area contributed by atoms with Gasteiger partial charge in [0.05, 0.1) is 39.1 Å². The van der Waals surface area contributed by atoms with Crippen molar-refractivity contribution >= 4 is 60.7 Å². The largest absolute Gasteiger partial charge is 0.309 e. The van der Waals surface area contributed by atoms with Crippen molar-refractivity contribution in [2.24, 2.45) is 0 Å². The fourth-order valence-electron chi connectivity index (χ4n) is 10.7. The quantitative estimate of drug-likeness (QED) is 0.141. The van der Waals surface area contributed by atoms with Crippen LogP contribution in [0.1, 0.15) is 0 Å². The average molecular weight is 880 g/mol. The Morgan fingerprint density at radius 1 is 0.246 bits per heavy atom. The van der Waals surface area contributed by atoms with Gasteiger partial charge >= 0.3 is 0 Å². The van der Waals surface area contributed by atoms with Gasteiger partial charge in [0.1, 0.15) is 0 Å². The smallest absolute Gasteiger partial charge is 0.0702 e. The highest BCUT2D eigenvalue weighted by molar-refractivity contribution is 6.11. The zero-order valence-electron chi connectivity index (χ0n) is 37.8. The molecule has 0 aliphatic heterocycles. The molecule has 0 amide bonds. The highest BCUT2D eigenvalue weighted by Crippen LogP contribution is 2.48. The first-order valence-electron chi connectivity index (χ1n) is 23.7. The van der Waals surface area contributed by atoms with E-state index < -0.39 is 0 Å². The molecule has 13 aromatic rings. The number of para-hydroxylation sites is 7. The summed E-state index contributed by atoms with van der Waals surface area (Å²) in [4.78, 5) is 2.47. The Morgan fingerprint density at radius 3 is 1.33 bits per heavy atom. The van der Waals surface area contributed by atoms with Crippen LogP contribution in [0.5, 0.6) is 0 Å². The van der Waals surface area contributed by atoms with Gasteiger partial charge in [0.2, 0.25) is 0 Å². The fraction of sp³-hybridized carbons (Fsp3) is 0. The minimum atomic E-state index is 1.06. The van der Waals surface area contributed by atoms with E-state index in [1.807, 2.05) is 0 Å². The number of aromatic nitrogens is 2. The van der Waals surface area contributed by atoms with Crippen LogP contribution in [-0.2, 0) is 0 Å². The molecule has 3 nitrogen and oxygen atoms in total. The summed E-state index contributed by atoms with van der Waals surface area (Å²) in [6.07, 6.45) is 0. The molecule has 0 saturated carbocycles. The molecule has 0 saturated heterocycles. The summed E-state index contributed by atoms with van der Waals surface area (Å²) < 4.78 is 4.81. The van der Waals surface area contributed by atoms with Gasteiger partial charge in [0.25, 0.3) is 0 Å². The van der Waals surface area contributed by atoms with Crippen LogP contribution in [0.3, 0.4) is 0 Å². The molecule has 69 heavy (non-hydrogen) atoms. The molecule has 0 aliphatic carbocycles. The second-order valence-electron chi connectivity index (χ2n) is 17.6. The van der Waals surface area contributed by atoms with Crippen molar-refractivity contribution in [3.63, 3.8) is 0 Å². The number of rotatable bonds is 9. The van der Waals surface area contributed by atoms with Crippen molar-refractivity contribution in [1.29, 1.82) is 0 Å². The van der Waals surface area contributed by atoms with E-state index in [-0.39, 0.29) is 0 Å². The van der Waals surface area contributed by atoms with E-state index >= 15 is 0 Å². The third-order valence-electron chi connectivity index (χ3n) is 13.8. The topological polar surface area (TPSA) is 13.1 Å². The van der Waals surface area contributed by atoms with E-state index in [4.69, 9.17) is 0 Å². The molecule has 11 aromatic carbocycles. The highest BCUT2D eigenvalue weighted by Gasteiger charge is 2.24. The Labute approximate surface area is 401 Å². The SMILES string of the molecule is c1ccc(-c2ccccc2-c2ccccc2-c2ccccc2N(c2ccc(-c3ccc4c(c3)c3ccccc3n4-c3ccccc3)cc2)c2ccccc2-n2c3ccccc3c3ccccc32)cc1. The maximum absolute atomic E-state index is 2.47. The Kier molecular flexibility index (Phi) is 9.84. The van der Waals surface area contributed by atoms with Gasteiger partial charge in [-0.05, 0) is 112 Å².